The first-order valence-electron chi connectivity index (χ1n) is 9.26. The molecule has 1 fully saturated rings. The molecular formula is C21H25N3O3. The maximum absolute atomic E-state index is 12.4. The van der Waals surface area contributed by atoms with Crippen LogP contribution in [0, 0.1) is 5.92 Å². The average molecular weight is 367 g/mol. The molecule has 1 aliphatic rings. The number of likely N-dealkylation sites (tertiary alicyclic amines) is 1. The first-order valence-corrected chi connectivity index (χ1v) is 9.26. The van der Waals surface area contributed by atoms with Crippen LogP contribution >= 0.6 is 0 Å². The van der Waals surface area contributed by atoms with Crippen LogP contribution in [0.1, 0.15) is 30.9 Å². The Balaban J connectivity index is 1.50. The van der Waals surface area contributed by atoms with E-state index in [1.165, 1.54) is 0 Å². The highest BCUT2D eigenvalue weighted by Crippen LogP contribution is 2.17. The Morgan fingerprint density at radius 1 is 1.22 bits per heavy atom. The second-order valence-corrected chi connectivity index (χ2v) is 6.80. The van der Waals surface area contributed by atoms with Crippen molar-refractivity contribution in [3.8, 4) is 5.88 Å². The van der Waals surface area contributed by atoms with Crippen LogP contribution in [-0.4, -0.2) is 34.8 Å². The van der Waals surface area contributed by atoms with Crippen LogP contribution in [0.3, 0.4) is 0 Å². The number of aromatic nitrogens is 1. The molecule has 1 aromatic carbocycles. The lowest BCUT2D eigenvalue weighted by molar-refractivity contribution is -0.134. The number of hydrogen-bond donors (Lipinski definition) is 1. The van der Waals surface area contributed by atoms with Gasteiger partial charge in [0.2, 0.25) is 17.7 Å². The Hall–Kier alpha value is -2.89. The van der Waals surface area contributed by atoms with Crippen LogP contribution in [0.2, 0.25) is 0 Å². The maximum Gasteiger partial charge on any atom is 0.225 e. The van der Waals surface area contributed by atoms with Crippen molar-refractivity contribution >= 4 is 11.8 Å². The third-order valence-electron chi connectivity index (χ3n) is 4.73. The number of rotatable bonds is 6. The minimum Gasteiger partial charge on any atom is -0.473 e. The Labute approximate surface area is 159 Å². The number of carbonyl (C=O) groups excluding carboxylic acids is 2. The summed E-state index contributed by atoms with van der Waals surface area (Å²) in [6.45, 7) is 3.66. The number of hydrogen-bond acceptors (Lipinski definition) is 4. The molecule has 1 saturated heterocycles. The van der Waals surface area contributed by atoms with E-state index in [9.17, 15) is 9.59 Å². The van der Waals surface area contributed by atoms with Gasteiger partial charge in [0, 0.05) is 38.8 Å². The molecule has 0 aliphatic carbocycles. The molecule has 1 aromatic heterocycles. The van der Waals surface area contributed by atoms with E-state index in [0.29, 0.717) is 25.6 Å². The summed E-state index contributed by atoms with van der Waals surface area (Å²) in [6.07, 6.45) is 3.36. The van der Waals surface area contributed by atoms with Gasteiger partial charge in [-0.25, -0.2) is 4.98 Å². The van der Waals surface area contributed by atoms with Gasteiger partial charge in [-0.15, -0.1) is 0 Å². The van der Waals surface area contributed by atoms with Crippen LogP contribution in [0.4, 0.5) is 0 Å². The molecule has 27 heavy (non-hydrogen) atoms. The lowest BCUT2D eigenvalue weighted by Gasteiger charge is -2.31. The van der Waals surface area contributed by atoms with Crippen molar-refractivity contribution < 1.29 is 14.3 Å². The topological polar surface area (TPSA) is 71.5 Å². The molecule has 0 saturated carbocycles. The normalized spacial score (nSPS) is 16.6. The molecule has 2 amide bonds. The van der Waals surface area contributed by atoms with E-state index in [-0.39, 0.29) is 17.7 Å². The summed E-state index contributed by atoms with van der Waals surface area (Å²) in [4.78, 5) is 29.9. The van der Waals surface area contributed by atoms with Gasteiger partial charge < -0.3 is 15.0 Å². The van der Waals surface area contributed by atoms with E-state index in [1.54, 1.807) is 18.0 Å². The molecule has 0 spiro atoms. The molecule has 1 N–H and O–H groups in total. The van der Waals surface area contributed by atoms with Crippen molar-refractivity contribution in [2.24, 2.45) is 5.92 Å². The van der Waals surface area contributed by atoms with Crippen LogP contribution in [0.25, 0.3) is 0 Å². The molecule has 2 heterocycles. The second kappa shape index (κ2) is 9.16. The minimum absolute atomic E-state index is 0.00971. The summed E-state index contributed by atoms with van der Waals surface area (Å²) in [5.74, 6) is 0.413. The Bertz CT molecular complexity index is 779. The monoisotopic (exact) mass is 367 g/mol. The van der Waals surface area contributed by atoms with Crippen molar-refractivity contribution in [3.63, 3.8) is 0 Å². The SMILES string of the molecule is CC(=O)N1CCC[C@@H](C(=O)NCc2ccnc(OCc3ccccc3)c2)C1. The van der Waals surface area contributed by atoms with E-state index in [2.05, 4.69) is 10.3 Å². The third kappa shape index (κ3) is 5.54. The van der Waals surface area contributed by atoms with Gasteiger partial charge in [0.1, 0.15) is 6.61 Å². The van der Waals surface area contributed by atoms with E-state index >= 15 is 0 Å². The van der Waals surface area contributed by atoms with Gasteiger partial charge in [0.25, 0.3) is 0 Å². The summed E-state index contributed by atoms with van der Waals surface area (Å²) in [7, 11) is 0. The Morgan fingerprint density at radius 2 is 2.04 bits per heavy atom. The molecule has 6 nitrogen and oxygen atoms in total. The zero-order valence-corrected chi connectivity index (χ0v) is 15.6. The minimum atomic E-state index is -0.140. The Kier molecular flexibility index (Phi) is 6.41. The van der Waals surface area contributed by atoms with E-state index in [4.69, 9.17) is 4.74 Å². The number of amides is 2. The largest absolute Gasteiger partial charge is 0.473 e. The molecule has 142 valence electrons. The molecule has 0 bridgehead atoms. The predicted octanol–water partition coefficient (Wildman–Crippen LogP) is 2.54. The van der Waals surface area contributed by atoms with E-state index in [1.807, 2.05) is 42.5 Å². The van der Waals surface area contributed by atoms with E-state index < -0.39 is 0 Å². The summed E-state index contributed by atoms with van der Waals surface area (Å²) >= 11 is 0. The van der Waals surface area contributed by atoms with Crippen LogP contribution in [0.15, 0.2) is 48.7 Å². The fourth-order valence-corrected chi connectivity index (χ4v) is 3.18. The number of nitrogens with one attached hydrogen (secondary N) is 1. The van der Waals surface area contributed by atoms with Crippen LogP contribution < -0.4 is 10.1 Å². The number of piperidine rings is 1. The first-order chi connectivity index (χ1) is 13.1. The average Bonchev–Trinajstić information content (AvgIpc) is 2.71. The lowest BCUT2D eigenvalue weighted by Crippen LogP contribution is -2.44. The number of benzene rings is 1. The molecule has 1 aliphatic heterocycles. The number of nitrogens with zero attached hydrogens (tertiary/aromatic N) is 2. The van der Waals surface area contributed by atoms with Crippen molar-refractivity contribution in [2.45, 2.75) is 32.9 Å². The fraction of sp³-hybridized carbons (Fsp3) is 0.381. The lowest BCUT2D eigenvalue weighted by atomic mass is 9.97. The number of carbonyl (C=O) groups is 2. The second-order valence-electron chi connectivity index (χ2n) is 6.80. The predicted molar refractivity (Wildman–Crippen MR) is 102 cm³/mol. The third-order valence-corrected chi connectivity index (χ3v) is 4.73. The quantitative estimate of drug-likeness (QED) is 0.852. The zero-order valence-electron chi connectivity index (χ0n) is 15.6. The highest BCUT2D eigenvalue weighted by molar-refractivity contribution is 5.80. The van der Waals surface area contributed by atoms with Gasteiger partial charge in [-0.05, 0) is 30.0 Å². The first kappa shape index (κ1) is 18.9. The highest BCUT2D eigenvalue weighted by atomic mass is 16.5. The van der Waals surface area contributed by atoms with Crippen LogP contribution in [0.5, 0.6) is 5.88 Å². The molecule has 1 atom stereocenters. The van der Waals surface area contributed by atoms with Gasteiger partial charge >= 0.3 is 0 Å². The zero-order chi connectivity index (χ0) is 19.1. The Morgan fingerprint density at radius 3 is 2.81 bits per heavy atom. The van der Waals surface area contributed by atoms with Crippen molar-refractivity contribution in [1.82, 2.24) is 15.2 Å². The summed E-state index contributed by atoms with van der Waals surface area (Å²) in [5.41, 5.74) is 2.01. The summed E-state index contributed by atoms with van der Waals surface area (Å²) in [5, 5.41) is 2.97. The smallest absolute Gasteiger partial charge is 0.225 e. The standard InChI is InChI=1S/C21H25N3O3/c1-16(25)24-11-5-8-19(14-24)21(26)23-13-18-9-10-22-20(12-18)27-15-17-6-3-2-4-7-17/h2-4,6-7,9-10,12,19H,5,8,11,13-15H2,1H3,(H,23,26)/t19-/m1/s1. The molecule has 2 aromatic rings. The molecule has 3 rings (SSSR count). The van der Waals surface area contributed by atoms with Gasteiger partial charge in [0.15, 0.2) is 0 Å². The molecule has 6 heteroatoms. The fourth-order valence-electron chi connectivity index (χ4n) is 3.18. The maximum atomic E-state index is 12.4. The molecule has 0 unspecified atom stereocenters. The van der Waals surface area contributed by atoms with Crippen molar-refractivity contribution in [1.29, 1.82) is 0 Å². The van der Waals surface area contributed by atoms with Gasteiger partial charge in [-0.3, -0.25) is 9.59 Å². The van der Waals surface area contributed by atoms with Crippen molar-refractivity contribution in [2.75, 3.05) is 13.1 Å². The van der Waals surface area contributed by atoms with E-state index in [0.717, 1.165) is 30.5 Å². The summed E-state index contributed by atoms with van der Waals surface area (Å²) in [6, 6.07) is 13.6. The van der Waals surface area contributed by atoms with Crippen LogP contribution in [-0.2, 0) is 22.7 Å². The molecule has 0 radical (unpaired) electrons. The summed E-state index contributed by atoms with van der Waals surface area (Å²) < 4.78 is 5.73. The number of ether oxygens (including phenoxy) is 1. The van der Waals surface area contributed by atoms with Gasteiger partial charge in [-0.2, -0.15) is 0 Å². The molecular weight excluding hydrogens is 342 g/mol. The van der Waals surface area contributed by atoms with Gasteiger partial charge in [-0.1, -0.05) is 30.3 Å². The van der Waals surface area contributed by atoms with Gasteiger partial charge in [0.05, 0.1) is 5.92 Å². The number of pyridine rings is 1. The van der Waals surface area contributed by atoms with Crippen molar-refractivity contribution in [3.05, 3.63) is 59.8 Å². The highest BCUT2D eigenvalue weighted by Gasteiger charge is 2.26.